The van der Waals surface area contributed by atoms with E-state index in [0.29, 0.717) is 19.4 Å². The van der Waals surface area contributed by atoms with Crippen molar-refractivity contribution in [3.63, 3.8) is 0 Å². The van der Waals surface area contributed by atoms with Crippen molar-refractivity contribution in [2.45, 2.75) is 25.3 Å². The molecule has 1 atom stereocenters. The highest BCUT2D eigenvalue weighted by Gasteiger charge is 2.30. The number of ether oxygens (including phenoxy) is 1. The average molecular weight is 288 g/mol. The Kier molecular flexibility index (Phi) is 4.75. The van der Waals surface area contributed by atoms with Crippen LogP contribution in [0.3, 0.4) is 0 Å². The second-order valence-electron chi connectivity index (χ2n) is 5.17. The molecular formula is C16H20N2O3. The fourth-order valence-corrected chi connectivity index (χ4v) is 2.15. The number of hydrogen-bond donors (Lipinski definition) is 2. The molecule has 0 saturated heterocycles. The minimum Gasteiger partial charge on any atom is -0.493 e. The topological polar surface area (TPSA) is 71.5 Å². The minimum atomic E-state index is -0.913. The molecule has 0 fully saturated rings. The third kappa shape index (κ3) is 3.49. The molecule has 0 radical (unpaired) electrons. The molecule has 5 heteroatoms. The molecule has 0 aliphatic heterocycles. The third-order valence-corrected chi connectivity index (χ3v) is 3.71. The van der Waals surface area contributed by atoms with Crippen LogP contribution in [0.5, 0.6) is 5.75 Å². The molecule has 2 aromatic rings. The van der Waals surface area contributed by atoms with Crippen LogP contribution in [0, 0.1) is 0 Å². The number of rotatable bonds is 7. The fourth-order valence-electron chi connectivity index (χ4n) is 2.15. The Morgan fingerprint density at radius 3 is 2.90 bits per heavy atom. The zero-order chi connectivity index (χ0) is 15.3. The van der Waals surface area contributed by atoms with E-state index in [4.69, 9.17) is 4.74 Å². The molecule has 1 heterocycles. The maximum absolute atomic E-state index is 11.2. The van der Waals surface area contributed by atoms with Gasteiger partial charge < -0.3 is 15.2 Å². The van der Waals surface area contributed by atoms with E-state index < -0.39 is 11.5 Å². The predicted octanol–water partition coefficient (Wildman–Crippen LogP) is 2.46. The van der Waals surface area contributed by atoms with Crippen molar-refractivity contribution in [2.24, 2.45) is 0 Å². The number of hydrogen-bond acceptors (Lipinski definition) is 4. The molecule has 0 aliphatic rings. The quantitative estimate of drug-likeness (QED) is 0.766. The van der Waals surface area contributed by atoms with Gasteiger partial charge in [0.2, 0.25) is 0 Å². The zero-order valence-corrected chi connectivity index (χ0v) is 12.3. The minimum absolute atomic E-state index is 0.471. The van der Waals surface area contributed by atoms with Crippen molar-refractivity contribution >= 4 is 16.9 Å². The Hall–Kier alpha value is -2.14. The van der Waals surface area contributed by atoms with Gasteiger partial charge in [0.05, 0.1) is 12.1 Å². The number of benzene rings is 1. The number of carbonyl (C=O) groups is 1. The second-order valence-corrected chi connectivity index (χ2v) is 5.17. The smallest absolute Gasteiger partial charge is 0.323 e. The van der Waals surface area contributed by atoms with Gasteiger partial charge in [-0.15, -0.1) is 0 Å². The highest BCUT2D eigenvalue weighted by Crippen LogP contribution is 2.24. The van der Waals surface area contributed by atoms with Crippen LogP contribution in [-0.2, 0) is 4.79 Å². The van der Waals surface area contributed by atoms with Gasteiger partial charge in [-0.2, -0.15) is 0 Å². The number of pyridine rings is 1. The van der Waals surface area contributed by atoms with Crippen molar-refractivity contribution in [3.05, 3.63) is 36.5 Å². The maximum Gasteiger partial charge on any atom is 0.323 e. The molecule has 1 aromatic carbocycles. The first kappa shape index (κ1) is 15.3. The molecule has 0 saturated carbocycles. The molecule has 2 N–H and O–H groups in total. The van der Waals surface area contributed by atoms with Crippen molar-refractivity contribution in [1.82, 2.24) is 10.3 Å². The summed E-state index contributed by atoms with van der Waals surface area (Å²) in [5.74, 6) is -0.0681. The Balaban J connectivity index is 1.96. The maximum atomic E-state index is 11.2. The summed E-state index contributed by atoms with van der Waals surface area (Å²) in [5.41, 5.74) is -0.0236. The van der Waals surface area contributed by atoms with Crippen molar-refractivity contribution in [2.75, 3.05) is 13.7 Å². The van der Waals surface area contributed by atoms with Crippen molar-refractivity contribution in [1.29, 1.82) is 0 Å². The molecule has 1 aromatic heterocycles. The summed E-state index contributed by atoms with van der Waals surface area (Å²) in [6.07, 6.45) is 2.90. The Labute approximate surface area is 124 Å². The summed E-state index contributed by atoms with van der Waals surface area (Å²) in [6.45, 7) is 2.15. The Bertz CT molecular complexity index is 624. The summed E-state index contributed by atoms with van der Waals surface area (Å²) in [6, 6.07) is 9.58. The van der Waals surface area contributed by atoms with E-state index in [1.54, 1.807) is 20.2 Å². The van der Waals surface area contributed by atoms with Crippen molar-refractivity contribution < 1.29 is 14.6 Å². The molecule has 0 bridgehead atoms. The summed E-state index contributed by atoms with van der Waals surface area (Å²) < 4.78 is 5.78. The van der Waals surface area contributed by atoms with Crippen LogP contribution < -0.4 is 10.1 Å². The van der Waals surface area contributed by atoms with E-state index in [-0.39, 0.29) is 0 Å². The van der Waals surface area contributed by atoms with Gasteiger partial charge in [0.25, 0.3) is 0 Å². The van der Waals surface area contributed by atoms with Crippen LogP contribution >= 0.6 is 0 Å². The molecule has 1 unspecified atom stereocenters. The number of aliphatic carboxylic acids is 1. The molecule has 0 spiro atoms. The van der Waals surface area contributed by atoms with Crippen LogP contribution in [0.4, 0.5) is 0 Å². The number of nitrogens with zero attached hydrogens (tertiary/aromatic N) is 1. The van der Waals surface area contributed by atoms with Gasteiger partial charge in [-0.1, -0.05) is 6.07 Å². The number of aromatic nitrogens is 1. The van der Waals surface area contributed by atoms with Crippen LogP contribution in [0.15, 0.2) is 36.5 Å². The number of carboxylic acid groups (broad SMARTS) is 1. The number of fused-ring (bicyclic) bond motifs is 1. The average Bonchev–Trinajstić information content (AvgIpc) is 2.51. The second kappa shape index (κ2) is 6.54. The first-order valence-electron chi connectivity index (χ1n) is 6.96. The van der Waals surface area contributed by atoms with Gasteiger partial charge >= 0.3 is 5.97 Å². The SMILES string of the molecule is CNC(C)(CCCOc1cccc2ncccc12)C(=O)O. The van der Waals surface area contributed by atoms with Crippen LogP contribution in [-0.4, -0.2) is 35.3 Å². The van der Waals surface area contributed by atoms with Gasteiger partial charge in [-0.25, -0.2) is 0 Å². The lowest BCUT2D eigenvalue weighted by molar-refractivity contribution is -0.144. The van der Waals surface area contributed by atoms with E-state index in [1.165, 1.54) is 0 Å². The zero-order valence-electron chi connectivity index (χ0n) is 12.3. The number of carboxylic acids is 1. The summed E-state index contributed by atoms with van der Waals surface area (Å²) in [4.78, 5) is 15.5. The Morgan fingerprint density at radius 2 is 2.19 bits per heavy atom. The van der Waals surface area contributed by atoms with E-state index in [2.05, 4.69) is 10.3 Å². The summed E-state index contributed by atoms with van der Waals surface area (Å²) in [7, 11) is 1.66. The van der Waals surface area contributed by atoms with Crippen LogP contribution in [0.25, 0.3) is 10.9 Å². The standard InChI is InChI=1S/C16H20N2O3/c1-16(17-2,15(19)20)9-5-11-21-14-8-3-7-13-12(14)6-4-10-18-13/h3-4,6-8,10,17H,5,9,11H2,1-2H3,(H,19,20). The van der Waals surface area contributed by atoms with E-state index in [1.807, 2.05) is 30.3 Å². The highest BCUT2D eigenvalue weighted by molar-refractivity contribution is 5.84. The first-order chi connectivity index (χ1) is 10.1. The number of nitrogens with one attached hydrogen (secondary N) is 1. The largest absolute Gasteiger partial charge is 0.493 e. The molecule has 21 heavy (non-hydrogen) atoms. The van der Waals surface area contributed by atoms with Gasteiger partial charge in [-0.3, -0.25) is 9.78 Å². The number of likely N-dealkylation sites (N-methyl/N-ethyl adjacent to an activating group) is 1. The van der Waals surface area contributed by atoms with Crippen molar-refractivity contribution in [3.8, 4) is 5.75 Å². The fraction of sp³-hybridized carbons (Fsp3) is 0.375. The monoisotopic (exact) mass is 288 g/mol. The normalized spacial score (nSPS) is 13.8. The molecule has 0 amide bonds. The van der Waals surface area contributed by atoms with Gasteiger partial charge in [0.1, 0.15) is 11.3 Å². The molecule has 0 aliphatic carbocycles. The van der Waals surface area contributed by atoms with Crippen LogP contribution in [0.1, 0.15) is 19.8 Å². The third-order valence-electron chi connectivity index (χ3n) is 3.71. The molecule has 112 valence electrons. The first-order valence-corrected chi connectivity index (χ1v) is 6.96. The molecule has 2 rings (SSSR count). The molecular weight excluding hydrogens is 268 g/mol. The Morgan fingerprint density at radius 1 is 1.38 bits per heavy atom. The summed E-state index contributed by atoms with van der Waals surface area (Å²) >= 11 is 0. The summed E-state index contributed by atoms with van der Waals surface area (Å²) in [5, 5.41) is 13.0. The van der Waals surface area contributed by atoms with E-state index in [0.717, 1.165) is 16.7 Å². The lowest BCUT2D eigenvalue weighted by Crippen LogP contribution is -2.47. The van der Waals surface area contributed by atoms with E-state index in [9.17, 15) is 9.90 Å². The lowest BCUT2D eigenvalue weighted by atomic mass is 9.96. The van der Waals surface area contributed by atoms with Gasteiger partial charge in [0, 0.05) is 11.6 Å². The van der Waals surface area contributed by atoms with Gasteiger partial charge in [0.15, 0.2) is 0 Å². The highest BCUT2D eigenvalue weighted by atomic mass is 16.5. The van der Waals surface area contributed by atoms with E-state index >= 15 is 0 Å². The van der Waals surface area contributed by atoms with Gasteiger partial charge in [-0.05, 0) is 51.1 Å². The molecule has 5 nitrogen and oxygen atoms in total. The lowest BCUT2D eigenvalue weighted by Gasteiger charge is -2.23. The van der Waals surface area contributed by atoms with Crippen LogP contribution in [0.2, 0.25) is 0 Å². The predicted molar refractivity (Wildman–Crippen MR) is 81.6 cm³/mol.